The fourth-order valence-corrected chi connectivity index (χ4v) is 6.85. The quantitative estimate of drug-likeness (QED) is 0.572. The average molecular weight is 396 g/mol. The van der Waals surface area contributed by atoms with E-state index in [0.29, 0.717) is 60.6 Å². The maximum Gasteiger partial charge on any atom is 0.253 e. The van der Waals surface area contributed by atoms with Crippen LogP contribution in [0.25, 0.3) is 0 Å². The summed E-state index contributed by atoms with van der Waals surface area (Å²) in [5.74, 6) is 3.39. The van der Waals surface area contributed by atoms with Gasteiger partial charge in [-0.05, 0) is 67.6 Å². The van der Waals surface area contributed by atoms with Gasteiger partial charge in [-0.3, -0.25) is 19.1 Å². The summed E-state index contributed by atoms with van der Waals surface area (Å²) in [7, 11) is 0. The lowest BCUT2D eigenvalue weighted by molar-refractivity contribution is -0.138. The van der Waals surface area contributed by atoms with E-state index in [1.807, 2.05) is 0 Å². The van der Waals surface area contributed by atoms with Gasteiger partial charge < -0.3 is 10.2 Å². The molecule has 2 bridgehead atoms. The van der Waals surface area contributed by atoms with E-state index in [9.17, 15) is 19.8 Å². The molecule has 3 aliphatic carbocycles. The highest BCUT2D eigenvalue weighted by molar-refractivity contribution is 6.12. The number of rotatable bonds is 6. The lowest BCUT2D eigenvalue weighted by Crippen LogP contribution is -2.38. The molecule has 6 nitrogen and oxygen atoms in total. The van der Waals surface area contributed by atoms with Gasteiger partial charge in [0.2, 0.25) is 0 Å². The molecule has 6 atom stereocenters. The Morgan fingerprint density at radius 3 is 2.45 bits per heavy atom. The zero-order chi connectivity index (χ0) is 20.3. The van der Waals surface area contributed by atoms with Gasteiger partial charge >= 0.3 is 0 Å². The molecular weight excluding hydrogens is 368 g/mol. The third-order valence-electron chi connectivity index (χ3n) is 7.95. The maximum absolute atomic E-state index is 11.9. The van der Waals surface area contributed by atoms with Gasteiger partial charge in [-0.2, -0.15) is 0 Å². The number of fused-ring (bicyclic) bond motifs is 5. The van der Waals surface area contributed by atoms with Crippen LogP contribution < -0.4 is 0 Å². The zero-order valence-corrected chi connectivity index (χ0v) is 16.5. The Balaban J connectivity index is 1.25. The standard InChI is InChI=1S/C23H28N2O4/c1-2-3-14-10-22(28)25(23(14)29)11-13-6-17-15-8-16(18(9-15)19(17)7-13)12-24-20(26)4-5-21(24)27/h2,4-5,10,13,15-19,28-29H,1,3,6-9,11-12H2. The van der Waals surface area contributed by atoms with Crippen LogP contribution in [0.5, 0.6) is 11.8 Å². The van der Waals surface area contributed by atoms with Gasteiger partial charge in [-0.15, -0.1) is 6.58 Å². The summed E-state index contributed by atoms with van der Waals surface area (Å²) in [4.78, 5) is 25.3. The summed E-state index contributed by atoms with van der Waals surface area (Å²) in [5.41, 5.74) is 0.712. The van der Waals surface area contributed by atoms with Crippen LogP contribution in [-0.2, 0) is 22.6 Å². The molecule has 1 aliphatic heterocycles. The van der Waals surface area contributed by atoms with Crippen LogP contribution in [0.1, 0.15) is 31.2 Å². The predicted octanol–water partition coefficient (Wildman–Crippen LogP) is 2.85. The molecule has 3 saturated carbocycles. The van der Waals surface area contributed by atoms with Crippen LogP contribution in [0.4, 0.5) is 0 Å². The van der Waals surface area contributed by atoms with E-state index in [2.05, 4.69) is 6.58 Å². The summed E-state index contributed by atoms with van der Waals surface area (Å²) in [6.07, 6.45) is 9.57. The van der Waals surface area contributed by atoms with Crippen molar-refractivity contribution in [3.63, 3.8) is 0 Å². The van der Waals surface area contributed by atoms with Crippen molar-refractivity contribution in [1.29, 1.82) is 0 Å². The number of nitrogens with zero attached hydrogens (tertiary/aromatic N) is 2. The molecule has 2 N–H and O–H groups in total. The third-order valence-corrected chi connectivity index (χ3v) is 7.95. The van der Waals surface area contributed by atoms with Gasteiger partial charge in [-0.1, -0.05) is 6.08 Å². The van der Waals surface area contributed by atoms with E-state index in [1.165, 1.54) is 23.5 Å². The first-order valence-corrected chi connectivity index (χ1v) is 10.7. The summed E-state index contributed by atoms with van der Waals surface area (Å²) >= 11 is 0. The minimum atomic E-state index is -0.174. The fourth-order valence-electron chi connectivity index (χ4n) is 6.85. The maximum atomic E-state index is 11.9. The van der Waals surface area contributed by atoms with Crippen molar-refractivity contribution < 1.29 is 19.8 Å². The lowest BCUT2D eigenvalue weighted by atomic mass is 9.75. The van der Waals surface area contributed by atoms with Crippen LogP contribution >= 0.6 is 0 Å². The van der Waals surface area contributed by atoms with Crippen molar-refractivity contribution in [3.8, 4) is 11.8 Å². The SMILES string of the molecule is C=CCc1cc(O)n(CC2CC3C4CC(CN5C(=O)C=CC5=O)C(C4)C3C2)c1O. The molecule has 6 unspecified atom stereocenters. The van der Waals surface area contributed by atoms with Gasteiger partial charge in [0.1, 0.15) is 0 Å². The van der Waals surface area contributed by atoms with E-state index in [1.54, 1.807) is 16.7 Å². The van der Waals surface area contributed by atoms with Crippen LogP contribution in [-0.4, -0.2) is 38.0 Å². The molecule has 3 fully saturated rings. The topological polar surface area (TPSA) is 82.8 Å². The van der Waals surface area contributed by atoms with Gasteiger partial charge in [0.15, 0.2) is 11.8 Å². The van der Waals surface area contributed by atoms with Crippen LogP contribution in [0.2, 0.25) is 0 Å². The Kier molecular flexibility index (Phi) is 4.33. The monoisotopic (exact) mass is 396 g/mol. The third kappa shape index (κ3) is 2.92. The second-order valence-corrected chi connectivity index (χ2v) is 9.40. The van der Waals surface area contributed by atoms with Crippen molar-refractivity contribution in [3.05, 3.63) is 36.4 Å². The second-order valence-electron chi connectivity index (χ2n) is 9.40. The van der Waals surface area contributed by atoms with Gasteiger partial charge in [0.25, 0.3) is 11.8 Å². The minimum Gasteiger partial charge on any atom is -0.494 e. The lowest BCUT2D eigenvalue weighted by Gasteiger charge is -2.33. The van der Waals surface area contributed by atoms with E-state index in [-0.39, 0.29) is 23.6 Å². The molecule has 0 spiro atoms. The van der Waals surface area contributed by atoms with E-state index in [4.69, 9.17) is 0 Å². The largest absolute Gasteiger partial charge is 0.494 e. The number of aromatic nitrogens is 1. The normalized spacial score (nSPS) is 35.1. The number of carbonyl (C=O) groups excluding carboxylic acids is 2. The van der Waals surface area contributed by atoms with Gasteiger partial charge in [0.05, 0.1) is 0 Å². The first kappa shape index (κ1) is 18.5. The number of hydrogen-bond acceptors (Lipinski definition) is 4. The molecule has 6 heteroatoms. The first-order chi connectivity index (χ1) is 14.0. The molecular formula is C23H28N2O4. The van der Waals surface area contributed by atoms with Crippen molar-refractivity contribution in [2.45, 2.75) is 38.6 Å². The molecule has 0 saturated heterocycles. The Labute approximate surface area is 170 Å². The molecule has 0 aromatic carbocycles. The van der Waals surface area contributed by atoms with Crippen LogP contribution in [0.3, 0.4) is 0 Å². The van der Waals surface area contributed by atoms with Crippen molar-refractivity contribution >= 4 is 11.8 Å². The number of amides is 2. The molecule has 1 aromatic rings. The summed E-state index contributed by atoms with van der Waals surface area (Å²) in [5, 5.41) is 20.7. The van der Waals surface area contributed by atoms with Crippen LogP contribution in [0, 0.1) is 35.5 Å². The van der Waals surface area contributed by atoms with E-state index < -0.39 is 0 Å². The fraction of sp³-hybridized carbons (Fsp3) is 0.565. The summed E-state index contributed by atoms with van der Waals surface area (Å²) < 4.78 is 1.64. The Bertz CT molecular complexity index is 883. The molecule has 2 heterocycles. The summed E-state index contributed by atoms with van der Waals surface area (Å²) in [6.45, 7) is 4.90. The highest BCUT2D eigenvalue weighted by atomic mass is 16.3. The second kappa shape index (κ2) is 6.78. The van der Waals surface area contributed by atoms with Crippen molar-refractivity contribution in [2.24, 2.45) is 35.5 Å². The van der Waals surface area contributed by atoms with Crippen LogP contribution in [0.15, 0.2) is 30.9 Å². The Morgan fingerprint density at radius 1 is 1.00 bits per heavy atom. The average Bonchev–Trinajstić information content (AvgIpc) is 3.46. The smallest absolute Gasteiger partial charge is 0.253 e. The Morgan fingerprint density at radius 2 is 1.72 bits per heavy atom. The molecule has 154 valence electrons. The number of hydrogen-bond donors (Lipinski definition) is 2. The molecule has 4 aliphatic rings. The molecule has 2 amide bonds. The van der Waals surface area contributed by atoms with Gasteiger partial charge in [0, 0.05) is 36.9 Å². The number of carbonyl (C=O) groups is 2. The highest BCUT2D eigenvalue weighted by Crippen LogP contribution is 2.62. The predicted molar refractivity (Wildman–Crippen MR) is 107 cm³/mol. The molecule has 1 aromatic heterocycles. The number of aromatic hydroxyl groups is 2. The van der Waals surface area contributed by atoms with E-state index in [0.717, 1.165) is 19.3 Å². The highest BCUT2D eigenvalue weighted by Gasteiger charge is 2.56. The zero-order valence-electron chi connectivity index (χ0n) is 16.5. The minimum absolute atomic E-state index is 0.121. The molecule has 5 rings (SSSR count). The van der Waals surface area contributed by atoms with Crippen molar-refractivity contribution in [2.75, 3.05) is 6.54 Å². The summed E-state index contributed by atoms with van der Waals surface area (Å²) in [6, 6.07) is 1.63. The van der Waals surface area contributed by atoms with Crippen molar-refractivity contribution in [1.82, 2.24) is 9.47 Å². The number of allylic oxidation sites excluding steroid dienone is 1. The molecule has 0 radical (unpaired) electrons. The Hall–Kier alpha value is -2.50. The van der Waals surface area contributed by atoms with Gasteiger partial charge in [-0.25, -0.2) is 0 Å². The number of imide groups is 1. The first-order valence-electron chi connectivity index (χ1n) is 10.7. The van der Waals surface area contributed by atoms with E-state index >= 15 is 0 Å². The molecule has 29 heavy (non-hydrogen) atoms.